The average Bonchev–Trinajstić information content (AvgIpc) is 2.14. The summed E-state index contributed by atoms with van der Waals surface area (Å²) in [7, 11) is 0. The summed E-state index contributed by atoms with van der Waals surface area (Å²) in [5.74, 6) is 0. The number of H-pyrrole nitrogens is 1. The molecule has 0 radical (unpaired) electrons. The molecule has 0 saturated heterocycles. The predicted molar refractivity (Wildman–Crippen MR) is 36.5 cm³/mol. The van der Waals surface area contributed by atoms with E-state index in [1.165, 1.54) is 6.20 Å². The predicted octanol–water partition coefficient (Wildman–Crippen LogP) is 1.55. The minimum Gasteiger partial charge on any atom is -0.329 e. The van der Waals surface area contributed by atoms with Crippen molar-refractivity contribution < 1.29 is 4.79 Å². The van der Waals surface area contributed by atoms with E-state index in [0.29, 0.717) is 10.4 Å². The van der Waals surface area contributed by atoms with Crippen molar-refractivity contribution in [2.24, 2.45) is 0 Å². The lowest BCUT2D eigenvalue weighted by molar-refractivity contribution is 0.107. The van der Waals surface area contributed by atoms with E-state index in [9.17, 15) is 4.79 Å². The van der Waals surface area contributed by atoms with Gasteiger partial charge in [0.15, 0.2) is 4.73 Å². The van der Waals surface area contributed by atoms with Crippen molar-refractivity contribution in [2.75, 3.05) is 0 Å². The van der Waals surface area contributed by atoms with Gasteiger partial charge in [0.1, 0.15) is 5.69 Å². The maximum atomic E-state index is 10.3. The highest BCUT2D eigenvalue weighted by Crippen LogP contribution is 2.05. The summed E-state index contributed by atoms with van der Waals surface area (Å²) in [4.78, 5) is 16.6. The Bertz CT molecular complexity index is 234. The second kappa shape index (κ2) is 2.49. The monoisotopic (exact) mass is 208 g/mol. The Morgan fingerprint density at radius 2 is 2.56 bits per heavy atom. The van der Waals surface area contributed by atoms with Gasteiger partial charge in [-0.25, -0.2) is 4.98 Å². The number of nitrogens with zero attached hydrogens (tertiary/aromatic N) is 1. The van der Waals surface area contributed by atoms with Crippen LogP contribution in [0.4, 0.5) is 0 Å². The first kappa shape index (κ1) is 6.77. The molecule has 5 heteroatoms. The van der Waals surface area contributed by atoms with Crippen LogP contribution < -0.4 is 0 Å². The first-order valence-electron chi connectivity index (χ1n) is 2.10. The molecule has 0 saturated carbocycles. The highest BCUT2D eigenvalue weighted by molar-refractivity contribution is 9.10. The number of imidazole rings is 1. The molecule has 0 fully saturated rings. The van der Waals surface area contributed by atoms with E-state index in [4.69, 9.17) is 11.6 Å². The van der Waals surface area contributed by atoms with Gasteiger partial charge in [0.25, 0.3) is 5.24 Å². The summed E-state index contributed by atoms with van der Waals surface area (Å²) in [6.07, 6.45) is 1.36. The Kier molecular flexibility index (Phi) is 1.87. The maximum Gasteiger partial charge on any atom is 0.270 e. The van der Waals surface area contributed by atoms with Crippen molar-refractivity contribution in [1.29, 1.82) is 0 Å². The van der Waals surface area contributed by atoms with E-state index in [-0.39, 0.29) is 0 Å². The molecule has 0 amide bonds. The van der Waals surface area contributed by atoms with E-state index < -0.39 is 5.24 Å². The average molecular weight is 209 g/mol. The molecular formula is C4H2BrClN2O. The Morgan fingerprint density at radius 1 is 1.89 bits per heavy atom. The second-order valence-electron chi connectivity index (χ2n) is 1.36. The molecule has 0 atom stereocenters. The molecule has 0 aromatic carbocycles. The van der Waals surface area contributed by atoms with Gasteiger partial charge >= 0.3 is 0 Å². The third-order valence-corrected chi connectivity index (χ3v) is 1.36. The molecule has 1 aromatic heterocycles. The number of hydrogen-bond acceptors (Lipinski definition) is 2. The quantitative estimate of drug-likeness (QED) is 0.713. The molecule has 0 aliphatic carbocycles. The zero-order valence-electron chi connectivity index (χ0n) is 4.19. The summed E-state index contributed by atoms with van der Waals surface area (Å²) in [6.45, 7) is 0. The zero-order valence-corrected chi connectivity index (χ0v) is 6.53. The number of nitrogens with one attached hydrogen (secondary N) is 1. The molecule has 48 valence electrons. The first-order valence-corrected chi connectivity index (χ1v) is 3.27. The molecule has 1 rings (SSSR count). The fourth-order valence-electron chi connectivity index (χ4n) is 0.397. The van der Waals surface area contributed by atoms with Gasteiger partial charge in [-0.15, -0.1) is 0 Å². The highest BCUT2D eigenvalue weighted by atomic mass is 79.9. The SMILES string of the molecule is O=C(Cl)c1cnc(Br)[nH]1. The molecule has 0 aliphatic heterocycles. The minimum atomic E-state index is -0.534. The van der Waals surface area contributed by atoms with Crippen LogP contribution >= 0.6 is 27.5 Å². The normalized spacial score (nSPS) is 9.56. The van der Waals surface area contributed by atoms with Crippen LogP contribution in [0.3, 0.4) is 0 Å². The Morgan fingerprint density at radius 3 is 2.78 bits per heavy atom. The van der Waals surface area contributed by atoms with Crippen LogP contribution in [0, 0.1) is 0 Å². The minimum absolute atomic E-state index is 0.295. The first-order chi connectivity index (χ1) is 4.20. The Hall–Kier alpha value is -0.350. The number of hydrogen-bond donors (Lipinski definition) is 1. The fourth-order valence-corrected chi connectivity index (χ4v) is 0.809. The summed E-state index contributed by atoms with van der Waals surface area (Å²) in [5, 5.41) is -0.534. The molecule has 3 nitrogen and oxygen atoms in total. The molecule has 1 aromatic rings. The van der Waals surface area contributed by atoms with Crippen molar-refractivity contribution >= 4 is 32.8 Å². The summed E-state index contributed by atoms with van der Waals surface area (Å²) in [5.41, 5.74) is 0.295. The van der Waals surface area contributed by atoms with Crippen LogP contribution in [-0.2, 0) is 0 Å². The van der Waals surface area contributed by atoms with E-state index >= 15 is 0 Å². The van der Waals surface area contributed by atoms with Gasteiger partial charge in [0, 0.05) is 0 Å². The van der Waals surface area contributed by atoms with Gasteiger partial charge in [-0.3, -0.25) is 4.79 Å². The van der Waals surface area contributed by atoms with E-state index in [2.05, 4.69) is 25.9 Å². The van der Waals surface area contributed by atoms with E-state index in [0.717, 1.165) is 0 Å². The summed E-state index contributed by atoms with van der Waals surface area (Å²) >= 11 is 8.11. The molecule has 0 unspecified atom stereocenters. The van der Waals surface area contributed by atoms with Gasteiger partial charge in [-0.05, 0) is 27.5 Å². The lowest BCUT2D eigenvalue weighted by Crippen LogP contribution is -1.86. The highest BCUT2D eigenvalue weighted by Gasteiger charge is 2.02. The molecule has 9 heavy (non-hydrogen) atoms. The number of rotatable bonds is 1. The number of halogens is 2. The van der Waals surface area contributed by atoms with Gasteiger partial charge in [0.2, 0.25) is 0 Å². The van der Waals surface area contributed by atoms with Crippen LogP contribution in [0.5, 0.6) is 0 Å². The largest absolute Gasteiger partial charge is 0.329 e. The zero-order chi connectivity index (χ0) is 6.85. The van der Waals surface area contributed by atoms with Gasteiger partial charge in [-0.2, -0.15) is 0 Å². The van der Waals surface area contributed by atoms with Crippen molar-refractivity contribution in [3.63, 3.8) is 0 Å². The van der Waals surface area contributed by atoms with Crippen molar-refractivity contribution in [3.05, 3.63) is 16.6 Å². The summed E-state index contributed by atoms with van der Waals surface area (Å²) < 4.78 is 0.506. The molecule has 1 heterocycles. The van der Waals surface area contributed by atoms with Crippen LogP contribution in [0.15, 0.2) is 10.9 Å². The molecular weight excluding hydrogens is 207 g/mol. The number of aromatic nitrogens is 2. The lowest BCUT2D eigenvalue weighted by atomic mass is 10.5. The van der Waals surface area contributed by atoms with Crippen LogP contribution in [0.1, 0.15) is 10.5 Å². The van der Waals surface area contributed by atoms with Crippen molar-refractivity contribution in [2.45, 2.75) is 0 Å². The van der Waals surface area contributed by atoms with Crippen molar-refractivity contribution in [1.82, 2.24) is 9.97 Å². The Balaban J connectivity index is 2.98. The Labute approximate surface area is 64.6 Å². The fraction of sp³-hybridized carbons (Fsp3) is 0. The summed E-state index contributed by atoms with van der Waals surface area (Å²) in [6, 6.07) is 0. The van der Waals surface area contributed by atoms with Gasteiger partial charge in [-0.1, -0.05) is 0 Å². The molecule has 0 aliphatic rings. The second-order valence-corrected chi connectivity index (χ2v) is 2.46. The number of carbonyl (C=O) groups is 1. The van der Waals surface area contributed by atoms with Gasteiger partial charge in [0.05, 0.1) is 6.20 Å². The standard InChI is InChI=1S/C4H2BrClN2O/c5-4-7-1-2(8-4)3(6)9/h1H,(H,7,8). The molecule has 0 spiro atoms. The lowest BCUT2D eigenvalue weighted by Gasteiger charge is -1.79. The number of aromatic amines is 1. The third kappa shape index (κ3) is 1.53. The van der Waals surface area contributed by atoms with Crippen LogP contribution in [-0.4, -0.2) is 15.2 Å². The number of carbonyl (C=O) groups excluding carboxylic acids is 1. The van der Waals surface area contributed by atoms with E-state index in [1.54, 1.807) is 0 Å². The van der Waals surface area contributed by atoms with E-state index in [1.807, 2.05) is 0 Å². The molecule has 0 bridgehead atoms. The molecule has 1 N–H and O–H groups in total. The maximum absolute atomic E-state index is 10.3. The van der Waals surface area contributed by atoms with Crippen LogP contribution in [0.25, 0.3) is 0 Å². The van der Waals surface area contributed by atoms with Gasteiger partial charge < -0.3 is 4.98 Å². The third-order valence-electron chi connectivity index (χ3n) is 0.757. The van der Waals surface area contributed by atoms with Crippen LogP contribution in [0.2, 0.25) is 0 Å². The topological polar surface area (TPSA) is 45.8 Å². The smallest absolute Gasteiger partial charge is 0.270 e. The van der Waals surface area contributed by atoms with Crippen molar-refractivity contribution in [3.8, 4) is 0 Å².